The fourth-order valence-electron chi connectivity index (χ4n) is 1.75. The Bertz CT molecular complexity index is 385. The summed E-state index contributed by atoms with van der Waals surface area (Å²) in [5.74, 6) is -0.0204. The second-order valence-corrected chi connectivity index (χ2v) is 3.82. The Kier molecular flexibility index (Phi) is 2.48. The lowest BCUT2D eigenvalue weighted by Crippen LogP contribution is -2.05. The van der Waals surface area contributed by atoms with Crippen molar-refractivity contribution in [1.82, 2.24) is 4.98 Å². The highest BCUT2D eigenvalue weighted by Gasteiger charge is 2.31. The Hall–Kier alpha value is -1.36. The molecule has 0 saturated carbocycles. The molecule has 1 saturated heterocycles. The molecule has 1 fully saturated rings. The first kappa shape index (κ1) is 10.2. The molecule has 1 N–H and O–H groups in total. The maximum atomic E-state index is 10.8. The normalized spacial score (nSPS) is 25.7. The lowest BCUT2D eigenvalue weighted by atomic mass is 10.0. The minimum atomic E-state index is -1.06. The van der Waals surface area contributed by atoms with Gasteiger partial charge in [-0.25, -0.2) is 9.78 Å². The molecule has 1 aliphatic heterocycles. The number of oxazole rings is 1. The highest BCUT2D eigenvalue weighted by molar-refractivity contribution is 5.86. The lowest BCUT2D eigenvalue weighted by Gasteiger charge is -2.08. The summed E-state index contributed by atoms with van der Waals surface area (Å²) in [5.41, 5.74) is -0.0206. The van der Waals surface area contributed by atoms with E-state index in [0.29, 0.717) is 24.2 Å². The van der Waals surface area contributed by atoms with Crippen molar-refractivity contribution in [1.29, 1.82) is 0 Å². The summed E-state index contributed by atoms with van der Waals surface area (Å²) in [6.07, 6.45) is 0.755. The summed E-state index contributed by atoms with van der Waals surface area (Å²) < 4.78 is 10.8. The summed E-state index contributed by atoms with van der Waals surface area (Å²) in [7, 11) is 0. The fraction of sp³-hybridized carbons (Fsp3) is 0.600. The van der Waals surface area contributed by atoms with Crippen LogP contribution in [0.25, 0.3) is 0 Å². The van der Waals surface area contributed by atoms with Gasteiger partial charge in [-0.3, -0.25) is 0 Å². The van der Waals surface area contributed by atoms with Crippen molar-refractivity contribution in [2.45, 2.75) is 26.4 Å². The Morgan fingerprint density at radius 3 is 2.80 bits per heavy atom. The molecule has 5 heteroatoms. The van der Waals surface area contributed by atoms with Crippen molar-refractivity contribution in [3.05, 3.63) is 17.3 Å². The molecular weight excluding hydrogens is 198 g/mol. The Morgan fingerprint density at radius 2 is 2.33 bits per heavy atom. The first-order valence-corrected chi connectivity index (χ1v) is 4.92. The average molecular weight is 211 g/mol. The molecular formula is C10H13NO4. The molecule has 2 heterocycles. The van der Waals surface area contributed by atoms with Gasteiger partial charge in [0.05, 0.1) is 0 Å². The number of aryl methyl sites for hydroxylation is 1. The lowest BCUT2D eigenvalue weighted by molar-refractivity contribution is 0.0684. The quantitative estimate of drug-likeness (QED) is 0.807. The summed E-state index contributed by atoms with van der Waals surface area (Å²) in [6.45, 7) is 4.31. The van der Waals surface area contributed by atoms with Crippen LogP contribution in [0, 0.1) is 12.8 Å². The highest BCUT2D eigenvalue weighted by Crippen LogP contribution is 2.34. The molecule has 2 rings (SSSR count). The van der Waals surface area contributed by atoms with Gasteiger partial charge in [-0.1, -0.05) is 6.92 Å². The maximum Gasteiger partial charge on any atom is 0.358 e. The minimum absolute atomic E-state index is 0.0206. The number of carboxylic acids is 1. The number of carbonyl (C=O) groups is 1. The van der Waals surface area contributed by atoms with E-state index in [1.165, 1.54) is 0 Å². The summed E-state index contributed by atoms with van der Waals surface area (Å²) >= 11 is 0. The van der Waals surface area contributed by atoms with Gasteiger partial charge < -0.3 is 14.3 Å². The number of hydrogen-bond acceptors (Lipinski definition) is 4. The molecule has 0 aliphatic carbocycles. The van der Waals surface area contributed by atoms with Crippen LogP contribution in [0.3, 0.4) is 0 Å². The van der Waals surface area contributed by atoms with E-state index >= 15 is 0 Å². The highest BCUT2D eigenvalue weighted by atomic mass is 16.5. The molecule has 2 atom stereocenters. The van der Waals surface area contributed by atoms with Crippen molar-refractivity contribution in [3.63, 3.8) is 0 Å². The first-order valence-electron chi connectivity index (χ1n) is 4.92. The molecule has 0 radical (unpaired) electrons. The number of aromatic nitrogens is 1. The average Bonchev–Trinajstić information content (AvgIpc) is 2.71. The van der Waals surface area contributed by atoms with Crippen molar-refractivity contribution in [2.24, 2.45) is 5.92 Å². The van der Waals surface area contributed by atoms with E-state index in [4.69, 9.17) is 14.3 Å². The van der Waals surface area contributed by atoms with Crippen LogP contribution >= 0.6 is 0 Å². The zero-order valence-electron chi connectivity index (χ0n) is 8.69. The van der Waals surface area contributed by atoms with Crippen LogP contribution in [0.1, 0.15) is 41.6 Å². The Morgan fingerprint density at radius 1 is 1.60 bits per heavy atom. The Balaban J connectivity index is 2.29. The molecule has 0 aromatic carbocycles. The fourth-order valence-corrected chi connectivity index (χ4v) is 1.75. The molecule has 15 heavy (non-hydrogen) atoms. The van der Waals surface area contributed by atoms with Crippen LogP contribution in [0.15, 0.2) is 4.42 Å². The van der Waals surface area contributed by atoms with Gasteiger partial charge in [0.15, 0.2) is 5.69 Å². The van der Waals surface area contributed by atoms with Crippen LogP contribution in [0.4, 0.5) is 0 Å². The topological polar surface area (TPSA) is 72.6 Å². The van der Waals surface area contributed by atoms with Crippen molar-refractivity contribution in [2.75, 3.05) is 6.61 Å². The number of aromatic carboxylic acids is 1. The van der Waals surface area contributed by atoms with Gasteiger partial charge in [0, 0.05) is 6.61 Å². The standard InChI is InChI=1S/C10H13NO4/c1-5-3-4-14-8(5)9-11-7(10(12)13)6(2)15-9/h5,8H,3-4H2,1-2H3,(H,12,13). The second kappa shape index (κ2) is 3.66. The number of hydrogen-bond donors (Lipinski definition) is 1. The van der Waals surface area contributed by atoms with E-state index < -0.39 is 5.97 Å². The maximum absolute atomic E-state index is 10.8. The number of nitrogens with zero attached hydrogens (tertiary/aromatic N) is 1. The van der Waals surface area contributed by atoms with Crippen LogP contribution in [0.2, 0.25) is 0 Å². The van der Waals surface area contributed by atoms with Gasteiger partial charge in [0.2, 0.25) is 5.89 Å². The molecule has 1 aromatic rings. The number of rotatable bonds is 2. The van der Waals surface area contributed by atoms with Gasteiger partial charge in [-0.05, 0) is 19.3 Å². The predicted octanol–water partition coefficient (Wildman–Crippen LogP) is 1.78. The van der Waals surface area contributed by atoms with Crippen molar-refractivity contribution < 1.29 is 19.1 Å². The van der Waals surface area contributed by atoms with E-state index in [1.54, 1.807) is 6.92 Å². The summed E-state index contributed by atoms with van der Waals surface area (Å²) in [6, 6.07) is 0. The van der Waals surface area contributed by atoms with Crippen LogP contribution in [0.5, 0.6) is 0 Å². The molecule has 5 nitrogen and oxygen atoms in total. The summed E-state index contributed by atoms with van der Waals surface area (Å²) in [4.78, 5) is 14.7. The second-order valence-electron chi connectivity index (χ2n) is 3.82. The third-order valence-electron chi connectivity index (χ3n) is 2.65. The zero-order valence-corrected chi connectivity index (χ0v) is 8.69. The zero-order chi connectivity index (χ0) is 11.0. The molecule has 0 spiro atoms. The Labute approximate surface area is 87.1 Å². The first-order chi connectivity index (χ1) is 7.09. The van der Waals surface area contributed by atoms with Gasteiger partial charge in [0.1, 0.15) is 11.9 Å². The molecule has 0 amide bonds. The number of carboxylic acid groups (broad SMARTS) is 1. The monoisotopic (exact) mass is 211 g/mol. The van der Waals surface area contributed by atoms with E-state index in [-0.39, 0.29) is 11.8 Å². The predicted molar refractivity (Wildman–Crippen MR) is 50.7 cm³/mol. The SMILES string of the molecule is Cc1oc(C2OCCC2C)nc1C(=O)O. The van der Waals surface area contributed by atoms with Crippen LogP contribution in [-0.2, 0) is 4.74 Å². The third-order valence-corrected chi connectivity index (χ3v) is 2.65. The van der Waals surface area contributed by atoms with Crippen LogP contribution in [-0.4, -0.2) is 22.7 Å². The van der Waals surface area contributed by atoms with Gasteiger partial charge >= 0.3 is 5.97 Å². The molecule has 82 valence electrons. The van der Waals surface area contributed by atoms with Crippen molar-refractivity contribution in [3.8, 4) is 0 Å². The van der Waals surface area contributed by atoms with Crippen LogP contribution < -0.4 is 0 Å². The molecule has 1 aliphatic rings. The smallest absolute Gasteiger partial charge is 0.358 e. The number of ether oxygens (including phenoxy) is 1. The van der Waals surface area contributed by atoms with Gasteiger partial charge in [-0.15, -0.1) is 0 Å². The molecule has 1 aromatic heterocycles. The van der Waals surface area contributed by atoms with Gasteiger partial charge in [-0.2, -0.15) is 0 Å². The molecule has 2 unspecified atom stereocenters. The van der Waals surface area contributed by atoms with E-state index in [2.05, 4.69) is 4.98 Å². The summed E-state index contributed by atoms with van der Waals surface area (Å²) in [5, 5.41) is 8.82. The largest absolute Gasteiger partial charge is 0.476 e. The molecule has 0 bridgehead atoms. The van der Waals surface area contributed by atoms with Gasteiger partial charge in [0.25, 0.3) is 0 Å². The third kappa shape index (κ3) is 1.74. The van der Waals surface area contributed by atoms with Crippen molar-refractivity contribution >= 4 is 5.97 Å². The minimum Gasteiger partial charge on any atom is -0.476 e. The van der Waals surface area contributed by atoms with E-state index in [1.807, 2.05) is 6.92 Å². The van der Waals surface area contributed by atoms with E-state index in [0.717, 1.165) is 6.42 Å². The van der Waals surface area contributed by atoms with E-state index in [9.17, 15) is 4.79 Å².